The fourth-order valence-electron chi connectivity index (χ4n) is 3.72. The van der Waals surface area contributed by atoms with Crippen LogP contribution >= 0.6 is 11.6 Å². The van der Waals surface area contributed by atoms with Crippen molar-refractivity contribution in [3.8, 4) is 11.5 Å². The van der Waals surface area contributed by atoms with Crippen LogP contribution in [0.3, 0.4) is 0 Å². The maximum absolute atomic E-state index is 12.7. The molecule has 27 heavy (non-hydrogen) atoms. The van der Waals surface area contributed by atoms with Gasteiger partial charge in [0.25, 0.3) is 0 Å². The summed E-state index contributed by atoms with van der Waals surface area (Å²) in [5.41, 5.74) is 0.815. The van der Waals surface area contributed by atoms with Crippen LogP contribution < -0.4 is 9.47 Å². The van der Waals surface area contributed by atoms with Crippen molar-refractivity contribution in [1.29, 1.82) is 0 Å². The first-order chi connectivity index (χ1) is 13.0. The lowest BCUT2D eigenvalue weighted by atomic mass is 9.94. The van der Waals surface area contributed by atoms with E-state index >= 15 is 0 Å². The van der Waals surface area contributed by atoms with Gasteiger partial charge < -0.3 is 19.3 Å². The first kappa shape index (κ1) is 19.8. The zero-order valence-corrected chi connectivity index (χ0v) is 16.8. The van der Waals surface area contributed by atoms with E-state index in [1.165, 1.54) is 0 Å². The fourth-order valence-corrected chi connectivity index (χ4v) is 4.01. The predicted molar refractivity (Wildman–Crippen MR) is 103 cm³/mol. The Kier molecular flexibility index (Phi) is 6.47. The molecule has 0 aromatic heterocycles. The summed E-state index contributed by atoms with van der Waals surface area (Å²) >= 11 is 6.26. The second-order valence-electron chi connectivity index (χ2n) is 6.94. The second-order valence-corrected chi connectivity index (χ2v) is 7.35. The largest absolute Gasteiger partial charge is 0.486 e. The Bertz CT molecular complexity index is 697. The molecule has 2 aliphatic heterocycles. The minimum atomic E-state index is 0.0256. The molecule has 148 valence electrons. The number of ether oxygens (including phenoxy) is 2. The number of likely N-dealkylation sites (tertiary alicyclic amines) is 1. The second kappa shape index (κ2) is 8.83. The number of amides is 2. The number of benzene rings is 1. The number of hydrogen-bond donors (Lipinski definition) is 0. The van der Waals surface area contributed by atoms with Crippen LogP contribution in [0.5, 0.6) is 11.5 Å². The molecular formula is C20H27ClN2O4. The first-order valence-electron chi connectivity index (χ1n) is 9.68. The standard InChI is InChI=1S/C20H27ClN2O4/c1-3-22(4-2)20(25)15-5-7-23(8-6-15)18(24)13-14-11-16(21)19-17(12-14)26-9-10-27-19/h11-12,15H,3-10,13H2,1-2H3. The van der Waals surface area contributed by atoms with Crippen LogP contribution in [0.1, 0.15) is 32.3 Å². The molecule has 0 atom stereocenters. The summed E-state index contributed by atoms with van der Waals surface area (Å²) < 4.78 is 11.1. The summed E-state index contributed by atoms with van der Waals surface area (Å²) in [6.45, 7) is 7.67. The molecule has 6 nitrogen and oxygen atoms in total. The van der Waals surface area contributed by atoms with Gasteiger partial charge in [0, 0.05) is 32.1 Å². The average Bonchev–Trinajstić information content (AvgIpc) is 2.69. The van der Waals surface area contributed by atoms with Gasteiger partial charge in [-0.3, -0.25) is 9.59 Å². The van der Waals surface area contributed by atoms with E-state index in [-0.39, 0.29) is 24.2 Å². The van der Waals surface area contributed by atoms with Crippen LogP contribution in [0.25, 0.3) is 0 Å². The van der Waals surface area contributed by atoms with E-state index in [0.717, 1.165) is 31.5 Å². The molecule has 1 fully saturated rings. The van der Waals surface area contributed by atoms with Gasteiger partial charge in [-0.05, 0) is 44.4 Å². The zero-order valence-electron chi connectivity index (χ0n) is 16.0. The monoisotopic (exact) mass is 394 g/mol. The van der Waals surface area contributed by atoms with E-state index in [2.05, 4.69) is 0 Å². The molecule has 0 radical (unpaired) electrons. The van der Waals surface area contributed by atoms with E-state index in [4.69, 9.17) is 21.1 Å². The number of fused-ring (bicyclic) bond motifs is 1. The highest BCUT2D eigenvalue weighted by Gasteiger charge is 2.29. The van der Waals surface area contributed by atoms with E-state index in [1.54, 1.807) is 6.07 Å². The number of hydrogen-bond acceptors (Lipinski definition) is 4. The lowest BCUT2D eigenvalue weighted by Crippen LogP contribution is -2.44. The molecule has 1 aromatic rings. The van der Waals surface area contributed by atoms with Gasteiger partial charge in [0.2, 0.25) is 11.8 Å². The summed E-state index contributed by atoms with van der Waals surface area (Å²) in [4.78, 5) is 28.9. The Morgan fingerprint density at radius 2 is 1.81 bits per heavy atom. The van der Waals surface area contributed by atoms with E-state index in [0.29, 0.717) is 42.8 Å². The number of carbonyl (C=O) groups is 2. The minimum absolute atomic E-state index is 0.0256. The smallest absolute Gasteiger partial charge is 0.226 e. The van der Waals surface area contributed by atoms with Crippen molar-refractivity contribution in [2.75, 3.05) is 39.4 Å². The quantitative estimate of drug-likeness (QED) is 0.770. The number of carbonyl (C=O) groups excluding carboxylic acids is 2. The maximum Gasteiger partial charge on any atom is 0.226 e. The molecule has 2 heterocycles. The molecule has 1 saturated heterocycles. The normalized spacial score (nSPS) is 16.9. The van der Waals surface area contributed by atoms with Crippen molar-refractivity contribution in [2.24, 2.45) is 5.92 Å². The van der Waals surface area contributed by atoms with Crippen molar-refractivity contribution in [2.45, 2.75) is 33.1 Å². The van der Waals surface area contributed by atoms with Crippen LogP contribution in [-0.4, -0.2) is 61.0 Å². The summed E-state index contributed by atoms with van der Waals surface area (Å²) in [5, 5.41) is 0.471. The number of rotatable bonds is 5. The number of halogens is 1. The van der Waals surface area contributed by atoms with Crippen LogP contribution in [0.2, 0.25) is 5.02 Å². The van der Waals surface area contributed by atoms with Gasteiger partial charge in [-0.1, -0.05) is 11.6 Å². The predicted octanol–water partition coefficient (Wildman–Crippen LogP) is 2.76. The average molecular weight is 395 g/mol. The molecule has 0 spiro atoms. The van der Waals surface area contributed by atoms with Gasteiger partial charge in [0.15, 0.2) is 11.5 Å². The van der Waals surface area contributed by atoms with E-state index in [9.17, 15) is 9.59 Å². The third kappa shape index (κ3) is 4.49. The third-order valence-electron chi connectivity index (χ3n) is 5.28. The molecule has 0 unspecified atom stereocenters. The van der Waals surface area contributed by atoms with Gasteiger partial charge in [0.1, 0.15) is 13.2 Å². The maximum atomic E-state index is 12.7. The van der Waals surface area contributed by atoms with Gasteiger partial charge in [-0.2, -0.15) is 0 Å². The lowest BCUT2D eigenvalue weighted by molar-refractivity contribution is -0.140. The Morgan fingerprint density at radius 3 is 2.48 bits per heavy atom. The molecule has 7 heteroatoms. The molecule has 2 aliphatic rings. The third-order valence-corrected chi connectivity index (χ3v) is 5.56. The fraction of sp³-hybridized carbons (Fsp3) is 0.600. The molecule has 0 N–H and O–H groups in total. The van der Waals surface area contributed by atoms with Gasteiger partial charge >= 0.3 is 0 Å². The van der Waals surface area contributed by atoms with Crippen molar-refractivity contribution in [1.82, 2.24) is 9.80 Å². The van der Waals surface area contributed by atoms with Gasteiger partial charge in [0.05, 0.1) is 11.4 Å². The van der Waals surface area contributed by atoms with Crippen molar-refractivity contribution in [3.63, 3.8) is 0 Å². The molecule has 0 bridgehead atoms. The molecule has 0 saturated carbocycles. The summed E-state index contributed by atoms with van der Waals surface area (Å²) in [7, 11) is 0. The highest BCUT2D eigenvalue weighted by molar-refractivity contribution is 6.32. The SMILES string of the molecule is CCN(CC)C(=O)C1CCN(C(=O)Cc2cc(Cl)c3c(c2)OCCO3)CC1. The molecule has 2 amide bonds. The van der Waals surface area contributed by atoms with Crippen molar-refractivity contribution < 1.29 is 19.1 Å². The number of piperidine rings is 1. The van der Waals surface area contributed by atoms with Crippen molar-refractivity contribution in [3.05, 3.63) is 22.7 Å². The highest BCUT2D eigenvalue weighted by atomic mass is 35.5. The van der Waals surface area contributed by atoms with Crippen LogP contribution in [0.15, 0.2) is 12.1 Å². The van der Waals surface area contributed by atoms with Crippen LogP contribution in [0, 0.1) is 5.92 Å². The van der Waals surface area contributed by atoms with E-state index in [1.807, 2.05) is 29.7 Å². The van der Waals surface area contributed by atoms with Gasteiger partial charge in [-0.15, -0.1) is 0 Å². The topological polar surface area (TPSA) is 59.1 Å². The summed E-state index contributed by atoms with van der Waals surface area (Å²) in [6.07, 6.45) is 1.72. The van der Waals surface area contributed by atoms with Crippen LogP contribution in [-0.2, 0) is 16.0 Å². The van der Waals surface area contributed by atoms with Gasteiger partial charge in [-0.25, -0.2) is 0 Å². The Hall–Kier alpha value is -1.95. The number of nitrogens with zero attached hydrogens (tertiary/aromatic N) is 2. The molecule has 3 rings (SSSR count). The zero-order chi connectivity index (χ0) is 19.4. The lowest BCUT2D eigenvalue weighted by Gasteiger charge is -2.34. The molecular weight excluding hydrogens is 368 g/mol. The van der Waals surface area contributed by atoms with E-state index < -0.39 is 0 Å². The summed E-state index contributed by atoms with van der Waals surface area (Å²) in [5.74, 6) is 1.44. The Morgan fingerprint density at radius 1 is 1.15 bits per heavy atom. The molecule has 0 aliphatic carbocycles. The van der Waals surface area contributed by atoms with Crippen LogP contribution in [0.4, 0.5) is 0 Å². The minimum Gasteiger partial charge on any atom is -0.486 e. The van der Waals surface area contributed by atoms with Crippen molar-refractivity contribution >= 4 is 23.4 Å². The Labute approximate surface area is 165 Å². The highest BCUT2D eigenvalue weighted by Crippen LogP contribution is 2.38. The Balaban J connectivity index is 1.57. The first-order valence-corrected chi connectivity index (χ1v) is 10.1. The molecule has 1 aromatic carbocycles. The summed E-state index contributed by atoms with van der Waals surface area (Å²) in [6, 6.07) is 3.60.